The summed E-state index contributed by atoms with van der Waals surface area (Å²) >= 11 is 2.01. The lowest BCUT2D eigenvalue weighted by Gasteiger charge is -2.46. The van der Waals surface area contributed by atoms with Crippen molar-refractivity contribution in [1.29, 1.82) is 0 Å². The van der Waals surface area contributed by atoms with E-state index in [1.807, 2.05) is 11.8 Å². The summed E-state index contributed by atoms with van der Waals surface area (Å²) < 4.78 is 0. The van der Waals surface area contributed by atoms with Gasteiger partial charge < -0.3 is 5.32 Å². The van der Waals surface area contributed by atoms with E-state index in [1.54, 1.807) is 0 Å². The minimum absolute atomic E-state index is 0. The van der Waals surface area contributed by atoms with E-state index in [1.165, 1.54) is 22.6 Å². The zero-order valence-electron chi connectivity index (χ0n) is 9.98. The maximum atomic E-state index is 3.61. The molecular weight excluding hydrogens is 250 g/mol. The van der Waals surface area contributed by atoms with Crippen molar-refractivity contribution in [3.8, 4) is 0 Å². The Hall–Kier alpha value is -0.440. The van der Waals surface area contributed by atoms with Crippen LogP contribution in [0.1, 0.15) is 18.4 Å². The molecule has 3 rings (SSSR count). The number of allylic oxidation sites excluding steroid dienone is 1. The van der Waals surface area contributed by atoms with Crippen LogP contribution in [0.5, 0.6) is 0 Å². The van der Waals surface area contributed by atoms with Gasteiger partial charge in [0.25, 0.3) is 0 Å². The van der Waals surface area contributed by atoms with Gasteiger partial charge in [0.1, 0.15) is 0 Å². The van der Waals surface area contributed by atoms with Crippen molar-refractivity contribution in [3.63, 3.8) is 0 Å². The van der Waals surface area contributed by atoms with Crippen LogP contribution in [0.3, 0.4) is 0 Å². The maximum absolute atomic E-state index is 3.61. The smallest absolute Gasteiger partial charge is 0.0517 e. The van der Waals surface area contributed by atoms with Crippen molar-refractivity contribution in [2.24, 2.45) is 5.92 Å². The molecule has 1 aliphatic carbocycles. The van der Waals surface area contributed by atoms with E-state index < -0.39 is 0 Å². The van der Waals surface area contributed by atoms with Crippen molar-refractivity contribution < 1.29 is 0 Å². The summed E-state index contributed by atoms with van der Waals surface area (Å²) in [6.45, 7) is 0. The first-order valence-corrected chi connectivity index (χ1v) is 6.91. The van der Waals surface area contributed by atoms with Gasteiger partial charge in [0.05, 0.1) is 5.54 Å². The highest BCUT2D eigenvalue weighted by Gasteiger charge is 2.43. The molecule has 2 aliphatic rings. The van der Waals surface area contributed by atoms with E-state index in [-0.39, 0.29) is 17.9 Å². The van der Waals surface area contributed by atoms with E-state index in [9.17, 15) is 0 Å². The molecule has 92 valence electrons. The van der Waals surface area contributed by atoms with Crippen LogP contribution in [0.2, 0.25) is 0 Å². The first kappa shape index (κ1) is 13.0. The number of thioether (sulfide) groups is 1. The fourth-order valence-corrected chi connectivity index (χ4v) is 4.41. The van der Waals surface area contributed by atoms with Crippen LogP contribution in [0.25, 0.3) is 0 Å². The van der Waals surface area contributed by atoms with Gasteiger partial charge in [-0.3, -0.25) is 0 Å². The lowest BCUT2D eigenvalue weighted by Crippen LogP contribution is -2.50. The van der Waals surface area contributed by atoms with Gasteiger partial charge in [0, 0.05) is 10.6 Å². The van der Waals surface area contributed by atoms with Crippen LogP contribution in [0.4, 0.5) is 0 Å². The van der Waals surface area contributed by atoms with E-state index in [4.69, 9.17) is 0 Å². The Kier molecular flexibility index (Phi) is 3.86. The lowest BCUT2D eigenvalue weighted by molar-refractivity contribution is 0.228. The highest BCUT2D eigenvalue weighted by molar-refractivity contribution is 7.99. The highest BCUT2D eigenvalue weighted by Crippen LogP contribution is 2.48. The van der Waals surface area contributed by atoms with Gasteiger partial charge in [-0.05, 0) is 37.4 Å². The average Bonchev–Trinajstić information content (AvgIpc) is 2.38. The van der Waals surface area contributed by atoms with Gasteiger partial charge in [-0.15, -0.1) is 24.2 Å². The third-order valence-corrected chi connectivity index (χ3v) is 5.21. The second-order valence-electron chi connectivity index (χ2n) is 4.64. The Bertz CT molecular complexity index is 432. The molecule has 0 spiro atoms. The van der Waals surface area contributed by atoms with Crippen molar-refractivity contribution in [1.82, 2.24) is 5.32 Å². The zero-order valence-corrected chi connectivity index (χ0v) is 11.6. The third-order valence-electron chi connectivity index (χ3n) is 3.98. The topological polar surface area (TPSA) is 12.0 Å². The summed E-state index contributed by atoms with van der Waals surface area (Å²) in [5.74, 6) is 1.98. The summed E-state index contributed by atoms with van der Waals surface area (Å²) in [5, 5.41) is 3.61. The molecule has 1 aromatic rings. The standard InChI is InChI=1S/C14H17NS.ClH/c1-15-14-9-5-4-6-11(14)10-16-13-8-3-2-7-12(13)14;/h2-5,7-8,11,15H,6,9-10H2,1H3;1H. The van der Waals surface area contributed by atoms with E-state index in [0.717, 1.165) is 12.3 Å². The number of fused-ring (bicyclic) bond motifs is 3. The van der Waals surface area contributed by atoms with Crippen LogP contribution in [-0.2, 0) is 5.54 Å². The number of benzene rings is 1. The molecule has 0 saturated heterocycles. The molecule has 3 heteroatoms. The van der Waals surface area contributed by atoms with E-state index in [0.29, 0.717) is 0 Å². The second-order valence-corrected chi connectivity index (χ2v) is 5.70. The van der Waals surface area contributed by atoms with Gasteiger partial charge in [-0.1, -0.05) is 30.4 Å². The first-order chi connectivity index (χ1) is 7.87. The van der Waals surface area contributed by atoms with Gasteiger partial charge >= 0.3 is 0 Å². The normalized spacial score (nSPS) is 30.1. The third kappa shape index (κ3) is 1.92. The summed E-state index contributed by atoms with van der Waals surface area (Å²) in [5.41, 5.74) is 1.69. The summed E-state index contributed by atoms with van der Waals surface area (Å²) in [6.07, 6.45) is 7.02. The Morgan fingerprint density at radius 1 is 1.29 bits per heavy atom. The Morgan fingerprint density at radius 2 is 2.12 bits per heavy atom. The molecule has 17 heavy (non-hydrogen) atoms. The highest BCUT2D eigenvalue weighted by atomic mass is 35.5. The van der Waals surface area contributed by atoms with Crippen LogP contribution in [0, 0.1) is 5.92 Å². The van der Waals surface area contributed by atoms with Gasteiger partial charge in [-0.25, -0.2) is 0 Å². The molecular formula is C14H18ClNS. The molecule has 1 aromatic carbocycles. The summed E-state index contributed by atoms with van der Waals surface area (Å²) in [4.78, 5) is 1.46. The number of rotatable bonds is 1. The predicted octanol–water partition coefficient (Wildman–Crippen LogP) is 3.60. The van der Waals surface area contributed by atoms with Crippen molar-refractivity contribution in [2.45, 2.75) is 23.3 Å². The van der Waals surface area contributed by atoms with Crippen molar-refractivity contribution >= 4 is 24.2 Å². The molecule has 0 bridgehead atoms. The molecule has 0 radical (unpaired) electrons. The Morgan fingerprint density at radius 3 is 2.94 bits per heavy atom. The molecule has 0 saturated carbocycles. The van der Waals surface area contributed by atoms with E-state index in [2.05, 4.69) is 48.8 Å². The molecule has 2 atom stereocenters. The van der Waals surface area contributed by atoms with E-state index >= 15 is 0 Å². The summed E-state index contributed by atoms with van der Waals surface area (Å²) in [7, 11) is 2.11. The number of hydrogen-bond acceptors (Lipinski definition) is 2. The van der Waals surface area contributed by atoms with Gasteiger partial charge in [0.15, 0.2) is 0 Å². The first-order valence-electron chi connectivity index (χ1n) is 5.93. The van der Waals surface area contributed by atoms with Gasteiger partial charge in [-0.2, -0.15) is 0 Å². The number of halogens is 1. The lowest BCUT2D eigenvalue weighted by atomic mass is 9.72. The van der Waals surface area contributed by atoms with Crippen molar-refractivity contribution in [3.05, 3.63) is 42.0 Å². The monoisotopic (exact) mass is 267 g/mol. The molecule has 1 N–H and O–H groups in total. The Balaban J connectivity index is 0.00000108. The molecule has 2 unspecified atom stereocenters. The minimum atomic E-state index is 0. The van der Waals surface area contributed by atoms with Crippen LogP contribution in [-0.4, -0.2) is 12.8 Å². The quantitative estimate of drug-likeness (QED) is 0.781. The summed E-state index contributed by atoms with van der Waals surface area (Å²) in [6, 6.07) is 8.87. The predicted molar refractivity (Wildman–Crippen MR) is 77.0 cm³/mol. The van der Waals surface area contributed by atoms with Crippen LogP contribution < -0.4 is 5.32 Å². The largest absolute Gasteiger partial charge is 0.310 e. The van der Waals surface area contributed by atoms with Crippen LogP contribution in [0.15, 0.2) is 41.3 Å². The number of hydrogen-bond donors (Lipinski definition) is 1. The molecule has 1 nitrogen and oxygen atoms in total. The molecule has 0 aromatic heterocycles. The van der Waals surface area contributed by atoms with Crippen LogP contribution >= 0.6 is 24.2 Å². The molecule has 0 fully saturated rings. The minimum Gasteiger partial charge on any atom is -0.310 e. The maximum Gasteiger partial charge on any atom is 0.0517 e. The average molecular weight is 268 g/mol. The number of nitrogens with one attached hydrogen (secondary N) is 1. The Labute approximate surface area is 113 Å². The van der Waals surface area contributed by atoms with Crippen molar-refractivity contribution in [2.75, 3.05) is 12.8 Å². The molecule has 0 amide bonds. The second kappa shape index (κ2) is 5.05. The molecule has 1 aliphatic heterocycles. The van der Waals surface area contributed by atoms with Gasteiger partial charge in [0.2, 0.25) is 0 Å². The zero-order chi connectivity index (χ0) is 11.0. The fraction of sp³-hybridized carbons (Fsp3) is 0.429. The molecule has 1 heterocycles. The SMILES string of the molecule is CNC12CC=CCC1CSc1ccccc12.Cl. The fourth-order valence-electron chi connectivity index (χ4n) is 3.03.